The fourth-order valence-electron chi connectivity index (χ4n) is 2.78. The average molecular weight is 245 g/mol. The van der Waals surface area contributed by atoms with Crippen LogP contribution in [0.4, 0.5) is 0 Å². The van der Waals surface area contributed by atoms with Crippen LogP contribution in [-0.4, -0.2) is 44.7 Å². The van der Waals surface area contributed by atoms with Crippen molar-refractivity contribution in [3.8, 4) is 0 Å². The largest absolute Gasteiger partial charge is 0.393 e. The molecule has 1 aliphatic heterocycles. The van der Waals surface area contributed by atoms with Crippen molar-refractivity contribution in [2.24, 2.45) is 0 Å². The second kappa shape index (κ2) is 4.50. The van der Waals surface area contributed by atoms with Crippen molar-refractivity contribution in [3.63, 3.8) is 0 Å². The molecule has 0 atom stereocenters. The summed E-state index contributed by atoms with van der Waals surface area (Å²) in [6.45, 7) is 11.9. The van der Waals surface area contributed by atoms with Gasteiger partial charge in [-0.3, -0.25) is 4.84 Å². The minimum Gasteiger partial charge on any atom is -0.393 e. The highest BCUT2D eigenvalue weighted by Crippen LogP contribution is 2.38. The number of hydroxylamine groups is 2. The summed E-state index contributed by atoms with van der Waals surface area (Å²) in [4.78, 5) is 5.80. The van der Waals surface area contributed by atoms with Gasteiger partial charge in [0.15, 0.2) is 0 Å². The van der Waals surface area contributed by atoms with E-state index in [9.17, 15) is 10.2 Å². The maximum absolute atomic E-state index is 9.89. The molecule has 0 aromatic rings. The zero-order valence-electron chi connectivity index (χ0n) is 11.9. The molecule has 4 nitrogen and oxygen atoms in total. The molecule has 1 aliphatic rings. The van der Waals surface area contributed by atoms with Gasteiger partial charge >= 0.3 is 0 Å². The normalized spacial score (nSPS) is 26.1. The lowest BCUT2D eigenvalue weighted by Crippen LogP contribution is -2.62. The Morgan fingerprint density at radius 3 is 1.94 bits per heavy atom. The SMILES string of the molecule is CC(C)(O)CON1C(C)(C)CC(O)CC1(C)C. The summed E-state index contributed by atoms with van der Waals surface area (Å²) in [5, 5.41) is 21.6. The second-order valence-corrected chi connectivity index (χ2v) is 7.07. The van der Waals surface area contributed by atoms with E-state index in [4.69, 9.17) is 4.84 Å². The van der Waals surface area contributed by atoms with Crippen molar-refractivity contribution in [2.75, 3.05) is 6.61 Å². The molecule has 0 aliphatic carbocycles. The van der Waals surface area contributed by atoms with Crippen LogP contribution in [0.25, 0.3) is 0 Å². The van der Waals surface area contributed by atoms with Crippen LogP contribution in [0, 0.1) is 0 Å². The van der Waals surface area contributed by atoms with Crippen LogP contribution in [0.1, 0.15) is 54.4 Å². The molecule has 0 spiro atoms. The third-order valence-corrected chi connectivity index (χ3v) is 3.12. The molecule has 1 heterocycles. The van der Waals surface area contributed by atoms with Crippen LogP contribution < -0.4 is 0 Å². The predicted molar refractivity (Wildman–Crippen MR) is 67.5 cm³/mol. The predicted octanol–water partition coefficient (Wildman–Crippen LogP) is 1.70. The first-order chi connectivity index (χ1) is 7.44. The topological polar surface area (TPSA) is 52.9 Å². The minimum atomic E-state index is -0.845. The van der Waals surface area contributed by atoms with Crippen LogP contribution >= 0.6 is 0 Å². The summed E-state index contributed by atoms with van der Waals surface area (Å²) in [6, 6.07) is 0. The van der Waals surface area contributed by atoms with E-state index >= 15 is 0 Å². The van der Waals surface area contributed by atoms with E-state index in [-0.39, 0.29) is 23.8 Å². The van der Waals surface area contributed by atoms with E-state index in [1.54, 1.807) is 13.8 Å². The van der Waals surface area contributed by atoms with E-state index < -0.39 is 5.60 Å². The van der Waals surface area contributed by atoms with Crippen molar-refractivity contribution in [2.45, 2.75) is 77.2 Å². The van der Waals surface area contributed by atoms with Gasteiger partial charge in [-0.05, 0) is 54.4 Å². The molecule has 0 saturated carbocycles. The first-order valence-corrected chi connectivity index (χ1v) is 6.28. The summed E-state index contributed by atoms with van der Waals surface area (Å²) in [5.41, 5.74) is -1.30. The van der Waals surface area contributed by atoms with Crippen LogP contribution in [-0.2, 0) is 4.84 Å². The Balaban J connectivity index is 2.79. The standard InChI is InChI=1S/C13H27NO3/c1-11(2)7-10(15)8-12(3,4)14(11)17-9-13(5,6)16/h10,15-16H,7-9H2,1-6H3. The van der Waals surface area contributed by atoms with Crippen molar-refractivity contribution in [1.29, 1.82) is 0 Å². The lowest BCUT2D eigenvalue weighted by atomic mass is 9.80. The van der Waals surface area contributed by atoms with Crippen LogP contribution in [0.5, 0.6) is 0 Å². The summed E-state index contributed by atoms with van der Waals surface area (Å²) >= 11 is 0. The highest BCUT2D eigenvalue weighted by atomic mass is 16.7. The first-order valence-electron chi connectivity index (χ1n) is 6.28. The van der Waals surface area contributed by atoms with Gasteiger partial charge in [0.1, 0.15) is 0 Å². The van der Waals surface area contributed by atoms with Gasteiger partial charge in [0.05, 0.1) is 18.3 Å². The van der Waals surface area contributed by atoms with E-state index in [2.05, 4.69) is 27.7 Å². The number of aliphatic hydroxyl groups is 2. The molecule has 1 fully saturated rings. The van der Waals surface area contributed by atoms with E-state index in [1.807, 2.05) is 5.06 Å². The molecule has 17 heavy (non-hydrogen) atoms. The molecule has 0 aromatic heterocycles. The van der Waals surface area contributed by atoms with Gasteiger partial charge in [0.2, 0.25) is 0 Å². The first kappa shape index (κ1) is 14.9. The number of aliphatic hydroxyl groups excluding tert-OH is 1. The molecule has 1 saturated heterocycles. The summed E-state index contributed by atoms with van der Waals surface area (Å²) in [5.74, 6) is 0. The summed E-state index contributed by atoms with van der Waals surface area (Å²) < 4.78 is 0. The van der Waals surface area contributed by atoms with E-state index in [1.165, 1.54) is 0 Å². The third-order valence-electron chi connectivity index (χ3n) is 3.12. The Bertz CT molecular complexity index is 250. The Labute approximate surface area is 105 Å². The quantitative estimate of drug-likeness (QED) is 0.794. The fraction of sp³-hybridized carbons (Fsp3) is 1.00. The number of hydrogen-bond donors (Lipinski definition) is 2. The van der Waals surface area contributed by atoms with Crippen molar-refractivity contribution in [3.05, 3.63) is 0 Å². The highest BCUT2D eigenvalue weighted by molar-refractivity contribution is 4.96. The molecule has 4 heteroatoms. The lowest BCUT2D eigenvalue weighted by molar-refractivity contribution is -0.306. The van der Waals surface area contributed by atoms with Gasteiger partial charge in [-0.2, -0.15) is 5.06 Å². The Morgan fingerprint density at radius 1 is 1.18 bits per heavy atom. The number of hydrogen-bond acceptors (Lipinski definition) is 4. The summed E-state index contributed by atoms with van der Waals surface area (Å²) in [6.07, 6.45) is 1.08. The zero-order chi connectivity index (χ0) is 13.5. The Kier molecular flexibility index (Phi) is 3.94. The highest BCUT2D eigenvalue weighted by Gasteiger charge is 2.46. The van der Waals surface area contributed by atoms with Crippen LogP contribution in [0.3, 0.4) is 0 Å². The zero-order valence-corrected chi connectivity index (χ0v) is 11.9. The Hall–Kier alpha value is -0.160. The molecule has 1 rings (SSSR count). The number of rotatable bonds is 3. The summed E-state index contributed by atoms with van der Waals surface area (Å²) in [7, 11) is 0. The molecule has 102 valence electrons. The molecular formula is C13H27NO3. The number of nitrogens with zero attached hydrogens (tertiary/aromatic N) is 1. The average Bonchev–Trinajstić information content (AvgIpc) is 1.94. The molecule has 0 unspecified atom stereocenters. The van der Waals surface area contributed by atoms with Gasteiger partial charge in [-0.15, -0.1) is 0 Å². The maximum atomic E-state index is 9.89. The van der Waals surface area contributed by atoms with Gasteiger partial charge in [0.25, 0.3) is 0 Å². The number of piperidine rings is 1. The minimum absolute atomic E-state index is 0.230. The van der Waals surface area contributed by atoms with Crippen molar-refractivity contribution >= 4 is 0 Å². The van der Waals surface area contributed by atoms with Crippen molar-refractivity contribution in [1.82, 2.24) is 5.06 Å². The second-order valence-electron chi connectivity index (χ2n) is 7.07. The van der Waals surface area contributed by atoms with Gasteiger partial charge in [-0.1, -0.05) is 0 Å². The molecular weight excluding hydrogens is 218 g/mol. The monoisotopic (exact) mass is 245 g/mol. The molecule has 0 bridgehead atoms. The molecule has 0 radical (unpaired) electrons. The van der Waals surface area contributed by atoms with Gasteiger partial charge in [0, 0.05) is 11.1 Å². The maximum Gasteiger partial charge on any atom is 0.0967 e. The van der Waals surface area contributed by atoms with E-state index in [0.29, 0.717) is 12.8 Å². The van der Waals surface area contributed by atoms with E-state index in [0.717, 1.165) is 0 Å². The van der Waals surface area contributed by atoms with Gasteiger partial charge < -0.3 is 10.2 Å². The fourth-order valence-corrected chi connectivity index (χ4v) is 2.78. The van der Waals surface area contributed by atoms with Crippen LogP contribution in [0.2, 0.25) is 0 Å². The Morgan fingerprint density at radius 2 is 1.59 bits per heavy atom. The lowest BCUT2D eigenvalue weighted by Gasteiger charge is -2.53. The molecule has 0 aromatic carbocycles. The smallest absolute Gasteiger partial charge is 0.0967 e. The van der Waals surface area contributed by atoms with Crippen molar-refractivity contribution < 1.29 is 15.1 Å². The van der Waals surface area contributed by atoms with Crippen LogP contribution in [0.15, 0.2) is 0 Å². The third kappa shape index (κ3) is 3.91. The molecule has 2 N–H and O–H groups in total. The van der Waals surface area contributed by atoms with Gasteiger partial charge in [-0.25, -0.2) is 0 Å². The molecule has 0 amide bonds.